The van der Waals surface area contributed by atoms with Crippen LogP contribution in [0.25, 0.3) is 0 Å². The number of halogens is 1. The van der Waals surface area contributed by atoms with Gasteiger partial charge in [0.15, 0.2) is 5.82 Å². The molecule has 0 aliphatic rings. The molecule has 108 valence electrons. The monoisotopic (exact) mass is 339 g/mol. The molecule has 0 saturated heterocycles. The first-order valence-corrected chi connectivity index (χ1v) is 7.63. The van der Waals surface area contributed by atoms with Gasteiger partial charge in [-0.05, 0) is 24.6 Å². The van der Waals surface area contributed by atoms with Gasteiger partial charge in [0, 0.05) is 17.4 Å². The molecule has 0 atom stereocenters. The lowest BCUT2D eigenvalue weighted by atomic mass is 10.2. The molecule has 1 aromatic carbocycles. The summed E-state index contributed by atoms with van der Waals surface area (Å²) in [7, 11) is 1.65. The van der Waals surface area contributed by atoms with E-state index in [-0.39, 0.29) is 0 Å². The number of nitrogens with zero attached hydrogens (tertiary/aromatic N) is 3. The van der Waals surface area contributed by atoms with Crippen LogP contribution in [-0.2, 0) is 18.5 Å². The summed E-state index contributed by atoms with van der Waals surface area (Å²) in [6, 6.07) is 5.76. The van der Waals surface area contributed by atoms with Gasteiger partial charge < -0.3 is 9.47 Å². The van der Waals surface area contributed by atoms with Gasteiger partial charge in [-0.15, -0.1) is 0 Å². The molecule has 0 saturated carbocycles. The summed E-state index contributed by atoms with van der Waals surface area (Å²) >= 11 is 3.46. The molecule has 2 aromatic rings. The van der Waals surface area contributed by atoms with Gasteiger partial charge in [-0.1, -0.05) is 22.9 Å². The van der Waals surface area contributed by atoms with E-state index < -0.39 is 0 Å². The van der Waals surface area contributed by atoms with Gasteiger partial charge in [0.05, 0.1) is 7.11 Å². The van der Waals surface area contributed by atoms with Gasteiger partial charge in [0.2, 0.25) is 0 Å². The Morgan fingerprint density at radius 2 is 2.20 bits per heavy atom. The van der Waals surface area contributed by atoms with Crippen LogP contribution >= 0.6 is 15.9 Å². The number of ether oxygens (including phenoxy) is 2. The molecule has 6 heteroatoms. The van der Waals surface area contributed by atoms with Crippen LogP contribution in [0.15, 0.2) is 24.5 Å². The Balaban J connectivity index is 2.08. The van der Waals surface area contributed by atoms with E-state index in [1.807, 2.05) is 22.9 Å². The summed E-state index contributed by atoms with van der Waals surface area (Å²) in [6.45, 7) is 3.37. The van der Waals surface area contributed by atoms with Crippen molar-refractivity contribution in [2.75, 3.05) is 7.11 Å². The van der Waals surface area contributed by atoms with Crippen molar-refractivity contribution in [2.24, 2.45) is 0 Å². The number of methoxy groups -OCH3 is 1. The Kier molecular flexibility index (Phi) is 5.40. The fourth-order valence-electron chi connectivity index (χ4n) is 1.87. The summed E-state index contributed by atoms with van der Waals surface area (Å²) in [5.74, 6) is 2.48. The second kappa shape index (κ2) is 7.28. The van der Waals surface area contributed by atoms with Crippen molar-refractivity contribution in [3.63, 3.8) is 0 Å². The van der Waals surface area contributed by atoms with E-state index in [2.05, 4.69) is 32.9 Å². The van der Waals surface area contributed by atoms with Gasteiger partial charge in [0.25, 0.3) is 0 Å². The Bertz CT molecular complexity index is 557. The highest BCUT2D eigenvalue weighted by molar-refractivity contribution is 9.08. The zero-order chi connectivity index (χ0) is 14.4. The topological polar surface area (TPSA) is 49.2 Å². The molecule has 1 heterocycles. The Hall–Kier alpha value is -1.56. The molecule has 20 heavy (non-hydrogen) atoms. The summed E-state index contributed by atoms with van der Waals surface area (Å²) in [6.07, 6.45) is 2.58. The number of aryl methyl sites for hydroxylation is 1. The molecule has 0 unspecified atom stereocenters. The summed E-state index contributed by atoms with van der Waals surface area (Å²) in [4.78, 5) is 4.23. The summed E-state index contributed by atoms with van der Waals surface area (Å²) < 4.78 is 12.9. The minimum atomic E-state index is 0.409. The molecule has 0 bridgehead atoms. The Morgan fingerprint density at radius 3 is 2.90 bits per heavy atom. The summed E-state index contributed by atoms with van der Waals surface area (Å²) in [5, 5.41) is 4.89. The number of aromatic nitrogens is 3. The number of hydrogen-bond acceptors (Lipinski definition) is 4. The van der Waals surface area contributed by atoms with Gasteiger partial charge in [-0.3, -0.25) is 0 Å². The third-order valence-corrected chi connectivity index (χ3v) is 3.50. The molecule has 0 fully saturated rings. The van der Waals surface area contributed by atoms with Crippen molar-refractivity contribution >= 4 is 15.9 Å². The minimum absolute atomic E-state index is 0.409. The Morgan fingerprint density at radius 1 is 1.35 bits per heavy atom. The smallest absolute Gasteiger partial charge is 0.164 e. The fourth-order valence-corrected chi connectivity index (χ4v) is 2.31. The van der Waals surface area contributed by atoms with Crippen LogP contribution in [-0.4, -0.2) is 21.9 Å². The predicted octanol–water partition coefficient (Wildman–Crippen LogP) is 3.17. The molecular weight excluding hydrogens is 322 g/mol. The summed E-state index contributed by atoms with van der Waals surface area (Å²) in [5.41, 5.74) is 1.05. The molecule has 5 nitrogen and oxygen atoms in total. The van der Waals surface area contributed by atoms with Crippen LogP contribution < -0.4 is 9.47 Å². The van der Waals surface area contributed by atoms with E-state index in [1.165, 1.54) is 0 Å². The molecule has 0 amide bonds. The highest BCUT2D eigenvalue weighted by Gasteiger charge is 2.08. The van der Waals surface area contributed by atoms with E-state index in [0.29, 0.717) is 11.9 Å². The van der Waals surface area contributed by atoms with Crippen molar-refractivity contribution in [3.8, 4) is 11.5 Å². The number of rotatable bonds is 7. The lowest BCUT2D eigenvalue weighted by Crippen LogP contribution is -2.09. The third-order valence-electron chi connectivity index (χ3n) is 2.90. The van der Waals surface area contributed by atoms with Crippen molar-refractivity contribution in [1.82, 2.24) is 14.8 Å². The maximum absolute atomic E-state index is 5.85. The Labute approximate surface area is 127 Å². The van der Waals surface area contributed by atoms with Crippen LogP contribution in [0, 0.1) is 0 Å². The number of hydrogen-bond donors (Lipinski definition) is 0. The quantitative estimate of drug-likeness (QED) is 0.727. The molecular formula is C14H18BrN3O2. The average molecular weight is 340 g/mol. The van der Waals surface area contributed by atoms with Crippen LogP contribution in [0.1, 0.15) is 24.7 Å². The minimum Gasteiger partial charge on any atom is -0.497 e. The predicted molar refractivity (Wildman–Crippen MR) is 80.3 cm³/mol. The van der Waals surface area contributed by atoms with Crippen molar-refractivity contribution in [1.29, 1.82) is 0 Å². The van der Waals surface area contributed by atoms with Crippen LogP contribution in [0.3, 0.4) is 0 Å². The average Bonchev–Trinajstić information content (AvgIpc) is 2.92. The standard InChI is InChI=1S/C14H18BrN3O2/c1-3-6-18-14(16-10-17-18)9-20-13-5-4-12(19-2)7-11(13)8-15/h4-5,7,10H,3,6,8-9H2,1-2H3. The van der Waals surface area contributed by atoms with Gasteiger partial charge >= 0.3 is 0 Å². The molecule has 0 N–H and O–H groups in total. The fraction of sp³-hybridized carbons (Fsp3) is 0.429. The maximum Gasteiger partial charge on any atom is 0.164 e. The van der Waals surface area contributed by atoms with Crippen LogP contribution in [0.2, 0.25) is 0 Å². The van der Waals surface area contributed by atoms with Gasteiger partial charge in [-0.25, -0.2) is 9.67 Å². The molecule has 0 aliphatic heterocycles. The van der Waals surface area contributed by atoms with E-state index in [0.717, 1.165) is 35.9 Å². The third kappa shape index (κ3) is 3.50. The zero-order valence-corrected chi connectivity index (χ0v) is 13.3. The number of benzene rings is 1. The van der Waals surface area contributed by atoms with Crippen LogP contribution in [0.5, 0.6) is 11.5 Å². The van der Waals surface area contributed by atoms with E-state index >= 15 is 0 Å². The molecule has 2 rings (SSSR count). The lowest BCUT2D eigenvalue weighted by Gasteiger charge is -2.11. The highest BCUT2D eigenvalue weighted by atomic mass is 79.9. The first-order valence-electron chi connectivity index (χ1n) is 6.50. The number of alkyl halides is 1. The van der Waals surface area contributed by atoms with Crippen molar-refractivity contribution in [3.05, 3.63) is 35.9 Å². The lowest BCUT2D eigenvalue weighted by molar-refractivity contribution is 0.283. The normalized spacial score (nSPS) is 10.6. The van der Waals surface area contributed by atoms with Crippen LogP contribution in [0.4, 0.5) is 0 Å². The molecule has 0 spiro atoms. The zero-order valence-electron chi connectivity index (χ0n) is 11.7. The van der Waals surface area contributed by atoms with Gasteiger partial charge in [-0.2, -0.15) is 5.10 Å². The van der Waals surface area contributed by atoms with Gasteiger partial charge in [0.1, 0.15) is 24.4 Å². The SMILES string of the molecule is CCCn1ncnc1COc1ccc(OC)cc1CBr. The highest BCUT2D eigenvalue weighted by Crippen LogP contribution is 2.26. The molecule has 1 aromatic heterocycles. The molecule has 0 aliphatic carbocycles. The largest absolute Gasteiger partial charge is 0.497 e. The second-order valence-corrected chi connectivity index (χ2v) is 4.86. The first-order chi connectivity index (χ1) is 9.78. The van der Waals surface area contributed by atoms with Crippen molar-refractivity contribution < 1.29 is 9.47 Å². The van der Waals surface area contributed by atoms with E-state index in [1.54, 1.807) is 13.4 Å². The van der Waals surface area contributed by atoms with E-state index in [9.17, 15) is 0 Å². The molecule has 0 radical (unpaired) electrons. The second-order valence-electron chi connectivity index (χ2n) is 4.30. The first kappa shape index (κ1) is 14.8. The maximum atomic E-state index is 5.85. The van der Waals surface area contributed by atoms with E-state index in [4.69, 9.17) is 9.47 Å². The van der Waals surface area contributed by atoms with Crippen molar-refractivity contribution in [2.45, 2.75) is 31.8 Å².